The molecule has 186 valence electrons. The van der Waals surface area contributed by atoms with Crippen LogP contribution in [0.5, 0.6) is 0 Å². The number of rotatable bonds is 8. The van der Waals surface area contributed by atoms with Crippen molar-refractivity contribution in [3.8, 4) is 0 Å². The second-order valence-electron chi connectivity index (χ2n) is 7.25. The van der Waals surface area contributed by atoms with Crippen LogP contribution in [0.2, 0.25) is 0 Å². The predicted octanol–water partition coefficient (Wildman–Crippen LogP) is 4.18. The number of benzene rings is 3. The van der Waals surface area contributed by atoms with Gasteiger partial charge in [0.2, 0.25) is 12.2 Å². The van der Waals surface area contributed by atoms with Crippen molar-refractivity contribution in [3.63, 3.8) is 0 Å². The van der Waals surface area contributed by atoms with Crippen molar-refractivity contribution in [2.45, 2.75) is 18.4 Å². The molecule has 0 unspecified atom stereocenters. The van der Waals surface area contributed by atoms with Crippen LogP contribution in [-0.2, 0) is 25.2 Å². The van der Waals surface area contributed by atoms with Crippen molar-refractivity contribution in [2.75, 3.05) is 5.32 Å². The number of hydrogen-bond acceptors (Lipinski definition) is 6. The average molecular weight is 501 g/mol. The van der Waals surface area contributed by atoms with Gasteiger partial charge in [0.1, 0.15) is 0 Å². The fraction of sp³-hybridized carbons (Fsp3) is 0.120. The Kier molecular flexibility index (Phi) is 8.05. The number of hydrogen-bond donors (Lipinski definition) is 2. The molecule has 3 aromatic carbocycles. The quantitative estimate of drug-likeness (QED) is 0.445. The topological polar surface area (TPSA) is 119 Å². The largest absolute Gasteiger partial charge is 0.478 e. The van der Waals surface area contributed by atoms with Gasteiger partial charge in [-0.2, -0.15) is 13.2 Å². The van der Waals surface area contributed by atoms with Crippen LogP contribution in [0.4, 0.5) is 18.9 Å². The Morgan fingerprint density at radius 2 is 1.14 bits per heavy atom. The Morgan fingerprint density at radius 1 is 0.694 bits per heavy atom. The molecule has 2 atom stereocenters. The molecule has 0 fully saturated rings. The smallest absolute Gasteiger partial charge is 0.418 e. The maximum absolute atomic E-state index is 13.4. The van der Waals surface area contributed by atoms with Gasteiger partial charge in [0, 0.05) is 0 Å². The van der Waals surface area contributed by atoms with E-state index in [2.05, 4.69) is 0 Å². The molecule has 0 bridgehead atoms. The summed E-state index contributed by atoms with van der Waals surface area (Å²) in [6, 6.07) is 18.2. The Hall–Kier alpha value is -4.67. The maximum Gasteiger partial charge on any atom is 0.418 e. The zero-order valence-corrected chi connectivity index (χ0v) is 18.3. The standard InChI is InChI=1S/C25H18F3NO7/c26-25(27,28)17-13-7-8-14-18(17)29-21(30)19(35-23(33)15-9-3-1-4-10-15)20(22(31)32)36-24(34)16-11-5-2-6-12-16/h1-14,19-20H,(H,29,30)(H,31,32)/t19-,20+/m1/s1. The van der Waals surface area contributed by atoms with E-state index < -0.39 is 53.5 Å². The van der Waals surface area contributed by atoms with Gasteiger partial charge < -0.3 is 19.9 Å². The number of nitrogens with one attached hydrogen (secondary N) is 1. The number of amides is 1. The molecule has 11 heteroatoms. The second-order valence-corrected chi connectivity index (χ2v) is 7.25. The van der Waals surface area contributed by atoms with Crippen LogP contribution < -0.4 is 5.32 Å². The summed E-state index contributed by atoms with van der Waals surface area (Å²) in [6.45, 7) is 0. The van der Waals surface area contributed by atoms with E-state index in [1.165, 1.54) is 54.6 Å². The third-order valence-corrected chi connectivity index (χ3v) is 4.75. The fourth-order valence-electron chi connectivity index (χ4n) is 3.05. The minimum absolute atomic E-state index is 0.0697. The van der Waals surface area contributed by atoms with E-state index in [9.17, 15) is 37.5 Å². The van der Waals surface area contributed by atoms with E-state index in [1.54, 1.807) is 12.1 Å². The molecular weight excluding hydrogens is 483 g/mol. The summed E-state index contributed by atoms with van der Waals surface area (Å²) in [5, 5.41) is 11.6. The number of para-hydroxylation sites is 1. The average Bonchev–Trinajstić information content (AvgIpc) is 2.86. The minimum atomic E-state index is -4.86. The summed E-state index contributed by atoms with van der Waals surface area (Å²) in [5.74, 6) is -5.65. The van der Waals surface area contributed by atoms with Gasteiger partial charge in [-0.25, -0.2) is 14.4 Å². The van der Waals surface area contributed by atoms with E-state index in [-0.39, 0.29) is 11.1 Å². The fourth-order valence-corrected chi connectivity index (χ4v) is 3.05. The van der Waals surface area contributed by atoms with Crippen molar-refractivity contribution in [1.29, 1.82) is 0 Å². The van der Waals surface area contributed by atoms with Crippen LogP contribution in [0.3, 0.4) is 0 Å². The lowest BCUT2D eigenvalue weighted by molar-refractivity contribution is -0.157. The molecule has 8 nitrogen and oxygen atoms in total. The highest BCUT2D eigenvalue weighted by molar-refractivity contribution is 6.01. The minimum Gasteiger partial charge on any atom is -0.478 e. The molecule has 0 saturated carbocycles. The predicted molar refractivity (Wildman–Crippen MR) is 119 cm³/mol. The van der Waals surface area contributed by atoms with Crippen LogP contribution >= 0.6 is 0 Å². The lowest BCUT2D eigenvalue weighted by Gasteiger charge is -2.24. The van der Waals surface area contributed by atoms with Gasteiger partial charge in [-0.1, -0.05) is 48.5 Å². The van der Waals surface area contributed by atoms with E-state index in [0.29, 0.717) is 6.07 Å². The first-order valence-electron chi connectivity index (χ1n) is 10.3. The van der Waals surface area contributed by atoms with Gasteiger partial charge in [-0.15, -0.1) is 0 Å². The third kappa shape index (κ3) is 6.47. The zero-order chi connectivity index (χ0) is 26.3. The van der Waals surface area contributed by atoms with Crippen LogP contribution in [0, 0.1) is 0 Å². The summed E-state index contributed by atoms with van der Waals surface area (Å²) >= 11 is 0. The van der Waals surface area contributed by atoms with Crippen molar-refractivity contribution in [3.05, 3.63) is 102 Å². The molecule has 1 amide bonds. The monoisotopic (exact) mass is 501 g/mol. The molecule has 3 aromatic rings. The first-order chi connectivity index (χ1) is 17.1. The number of carboxylic acids is 1. The van der Waals surface area contributed by atoms with Crippen LogP contribution in [0.15, 0.2) is 84.9 Å². The summed E-state index contributed by atoms with van der Waals surface area (Å²) in [6.07, 6.45) is -9.58. The molecule has 0 spiro atoms. The number of esters is 2. The molecule has 0 saturated heterocycles. The summed E-state index contributed by atoms with van der Waals surface area (Å²) in [5.41, 5.74) is -2.09. The molecule has 3 rings (SSSR count). The molecule has 0 aromatic heterocycles. The maximum atomic E-state index is 13.4. The highest BCUT2D eigenvalue weighted by atomic mass is 19.4. The number of ether oxygens (including phenoxy) is 2. The molecule has 36 heavy (non-hydrogen) atoms. The van der Waals surface area contributed by atoms with Gasteiger partial charge in [-0.3, -0.25) is 4.79 Å². The Balaban J connectivity index is 1.96. The van der Waals surface area contributed by atoms with Crippen molar-refractivity contribution in [1.82, 2.24) is 0 Å². The van der Waals surface area contributed by atoms with Crippen LogP contribution in [-0.4, -0.2) is 41.1 Å². The van der Waals surface area contributed by atoms with Crippen molar-refractivity contribution in [2.24, 2.45) is 0 Å². The molecule has 0 heterocycles. The van der Waals surface area contributed by atoms with Crippen molar-refractivity contribution < 1.29 is 46.9 Å². The SMILES string of the molecule is O=C(O[C@H](C(=O)O)[C@@H](OC(=O)c1ccccc1)C(=O)Nc1ccccc1C(F)(F)F)c1ccccc1. The molecule has 0 aliphatic rings. The zero-order valence-electron chi connectivity index (χ0n) is 18.3. The van der Waals surface area contributed by atoms with E-state index >= 15 is 0 Å². The number of alkyl halides is 3. The van der Waals surface area contributed by atoms with Gasteiger partial charge in [0.05, 0.1) is 22.4 Å². The van der Waals surface area contributed by atoms with Gasteiger partial charge >= 0.3 is 24.1 Å². The first-order valence-corrected chi connectivity index (χ1v) is 10.3. The third-order valence-electron chi connectivity index (χ3n) is 4.75. The number of aliphatic carboxylic acids is 1. The molecule has 0 aliphatic carbocycles. The normalized spacial score (nSPS) is 12.6. The highest BCUT2D eigenvalue weighted by Crippen LogP contribution is 2.34. The summed E-state index contributed by atoms with van der Waals surface area (Å²) in [4.78, 5) is 50.1. The molecule has 2 N–H and O–H groups in total. The lowest BCUT2D eigenvalue weighted by atomic mass is 10.1. The van der Waals surface area contributed by atoms with E-state index in [4.69, 9.17) is 9.47 Å². The van der Waals surface area contributed by atoms with E-state index in [0.717, 1.165) is 12.1 Å². The number of carbonyl (C=O) groups excluding carboxylic acids is 3. The number of carbonyl (C=O) groups is 4. The highest BCUT2D eigenvalue weighted by Gasteiger charge is 2.42. The van der Waals surface area contributed by atoms with E-state index in [1.807, 2.05) is 5.32 Å². The summed E-state index contributed by atoms with van der Waals surface area (Å²) in [7, 11) is 0. The molecule has 0 radical (unpaired) electrons. The Labute approximate surface area is 202 Å². The Morgan fingerprint density at radius 3 is 1.61 bits per heavy atom. The van der Waals surface area contributed by atoms with Crippen LogP contribution in [0.25, 0.3) is 0 Å². The first kappa shape index (κ1) is 25.9. The number of halogens is 3. The van der Waals surface area contributed by atoms with Gasteiger partial charge in [0.15, 0.2) is 0 Å². The van der Waals surface area contributed by atoms with Crippen molar-refractivity contribution >= 4 is 29.5 Å². The number of carboxylic acid groups (broad SMARTS) is 1. The van der Waals surface area contributed by atoms with Gasteiger partial charge in [0.25, 0.3) is 5.91 Å². The Bertz CT molecular complexity index is 1250. The summed E-state index contributed by atoms with van der Waals surface area (Å²) < 4.78 is 50.2. The number of anilines is 1. The molecule has 0 aliphatic heterocycles. The lowest BCUT2D eigenvalue weighted by Crippen LogP contribution is -2.48. The molecular formula is C25H18F3NO7. The second kappa shape index (κ2) is 11.2. The van der Waals surface area contributed by atoms with Crippen LogP contribution in [0.1, 0.15) is 26.3 Å². The van der Waals surface area contributed by atoms with Gasteiger partial charge in [-0.05, 0) is 36.4 Å².